The maximum absolute atomic E-state index is 13.8. The molecule has 0 radical (unpaired) electrons. The monoisotopic (exact) mass is 282 g/mol. The first kappa shape index (κ1) is 15.4. The van der Waals surface area contributed by atoms with Gasteiger partial charge in [0.15, 0.2) is 0 Å². The first-order valence-electron chi connectivity index (χ1n) is 5.61. The molecule has 1 saturated carbocycles. The lowest BCUT2D eigenvalue weighted by Gasteiger charge is -2.18. The second kappa shape index (κ2) is 4.78. The molecule has 0 aliphatic heterocycles. The Bertz CT molecular complexity index is 357. The summed E-state index contributed by atoms with van der Waals surface area (Å²) in [7, 11) is 0. The fraction of sp³-hybridized carbons (Fsp3) is 0.750. The van der Waals surface area contributed by atoms with Crippen molar-refractivity contribution in [3.63, 3.8) is 0 Å². The molecule has 3 nitrogen and oxygen atoms in total. The van der Waals surface area contributed by atoms with Gasteiger partial charge in [-0.3, -0.25) is 4.79 Å². The molecule has 0 saturated heterocycles. The van der Waals surface area contributed by atoms with Crippen LogP contribution in [0.15, 0.2) is 12.7 Å². The Balaban J connectivity index is 3.08. The largest absolute Gasteiger partial charge is 0.465 e. The Morgan fingerprint density at radius 1 is 1.56 bits per heavy atom. The molecule has 2 unspecified atom stereocenters. The Morgan fingerprint density at radius 3 is 2.50 bits per heavy atom. The van der Waals surface area contributed by atoms with E-state index in [1.807, 2.05) is 0 Å². The zero-order chi connectivity index (χ0) is 14.2. The average Bonchev–Trinajstić information content (AvgIpc) is 2.77. The number of ether oxygens (including phenoxy) is 2. The van der Waals surface area contributed by atoms with Crippen LogP contribution in [0.4, 0.5) is 8.78 Å². The van der Waals surface area contributed by atoms with Crippen LogP contribution in [-0.4, -0.2) is 24.8 Å². The standard InChI is InChI=1S/C12H17ClF2O3/c1-5-11(9(16)17-6-2)8(10(11,3)4)12(14,15)18-7-13/h5,8H,1,6-7H2,2-4H3. The third-order valence-corrected chi connectivity index (χ3v) is 3.79. The predicted octanol–water partition coefficient (Wildman–Crippen LogP) is 3.18. The number of alkyl halides is 3. The SMILES string of the molecule is C=CC1(C(=O)OCC)C(C(F)(F)OCCl)C1(C)C. The Morgan fingerprint density at radius 2 is 2.11 bits per heavy atom. The molecule has 0 amide bonds. The van der Waals surface area contributed by atoms with Crippen LogP contribution in [0.5, 0.6) is 0 Å². The number of hydrogen-bond acceptors (Lipinski definition) is 3. The number of esters is 1. The van der Waals surface area contributed by atoms with Crippen molar-refractivity contribution in [1.29, 1.82) is 0 Å². The first-order valence-corrected chi connectivity index (χ1v) is 6.14. The number of carbonyl (C=O) groups excluding carboxylic acids is 1. The topological polar surface area (TPSA) is 35.5 Å². The van der Waals surface area contributed by atoms with E-state index < -0.39 is 34.9 Å². The number of halogens is 3. The second-order valence-corrected chi connectivity index (χ2v) is 4.98. The lowest BCUT2D eigenvalue weighted by atomic mass is 9.96. The molecule has 1 aliphatic carbocycles. The Labute approximate surface area is 110 Å². The van der Waals surface area contributed by atoms with Crippen LogP contribution in [0.3, 0.4) is 0 Å². The third kappa shape index (κ3) is 1.93. The first-order chi connectivity index (χ1) is 8.22. The van der Waals surface area contributed by atoms with E-state index in [4.69, 9.17) is 16.3 Å². The van der Waals surface area contributed by atoms with Crippen molar-refractivity contribution in [2.24, 2.45) is 16.7 Å². The lowest BCUT2D eigenvalue weighted by Crippen LogP contribution is -2.30. The molecule has 0 aromatic rings. The van der Waals surface area contributed by atoms with Gasteiger partial charge >= 0.3 is 12.1 Å². The zero-order valence-corrected chi connectivity index (χ0v) is 11.4. The maximum Gasteiger partial charge on any atom is 0.361 e. The van der Waals surface area contributed by atoms with Crippen LogP contribution in [0.2, 0.25) is 0 Å². The molecular weight excluding hydrogens is 266 g/mol. The van der Waals surface area contributed by atoms with Gasteiger partial charge in [0.1, 0.15) is 11.5 Å². The van der Waals surface area contributed by atoms with Crippen molar-refractivity contribution in [2.45, 2.75) is 26.9 Å². The number of carbonyl (C=O) groups is 1. The molecule has 0 bridgehead atoms. The van der Waals surface area contributed by atoms with Gasteiger partial charge in [0, 0.05) is 0 Å². The molecule has 1 rings (SSSR count). The van der Waals surface area contributed by atoms with Crippen molar-refractivity contribution in [2.75, 3.05) is 12.7 Å². The van der Waals surface area contributed by atoms with Gasteiger partial charge in [-0.05, 0) is 12.3 Å². The molecule has 0 heterocycles. The third-order valence-electron chi connectivity index (χ3n) is 3.68. The van der Waals surface area contributed by atoms with E-state index in [2.05, 4.69) is 11.3 Å². The Kier molecular flexibility index (Phi) is 4.08. The fourth-order valence-corrected chi connectivity index (χ4v) is 2.88. The van der Waals surface area contributed by atoms with Crippen molar-refractivity contribution in [3.05, 3.63) is 12.7 Å². The minimum atomic E-state index is -3.49. The van der Waals surface area contributed by atoms with Gasteiger partial charge < -0.3 is 9.47 Å². The van der Waals surface area contributed by atoms with E-state index in [1.165, 1.54) is 6.08 Å². The molecular formula is C12H17ClF2O3. The number of rotatable bonds is 6. The van der Waals surface area contributed by atoms with Gasteiger partial charge in [-0.2, -0.15) is 8.78 Å². The molecule has 104 valence electrons. The second-order valence-electron chi connectivity index (χ2n) is 4.76. The van der Waals surface area contributed by atoms with E-state index in [1.54, 1.807) is 20.8 Å². The minimum Gasteiger partial charge on any atom is -0.465 e. The van der Waals surface area contributed by atoms with Gasteiger partial charge in [0.25, 0.3) is 0 Å². The van der Waals surface area contributed by atoms with Gasteiger partial charge in [-0.1, -0.05) is 31.5 Å². The van der Waals surface area contributed by atoms with Crippen molar-refractivity contribution < 1.29 is 23.0 Å². The van der Waals surface area contributed by atoms with Crippen LogP contribution in [-0.2, 0) is 14.3 Å². The molecule has 0 aromatic heterocycles. The quantitative estimate of drug-likeness (QED) is 0.426. The molecule has 0 aromatic carbocycles. The van der Waals surface area contributed by atoms with E-state index in [0.29, 0.717) is 0 Å². The molecule has 18 heavy (non-hydrogen) atoms. The molecule has 0 spiro atoms. The van der Waals surface area contributed by atoms with E-state index in [9.17, 15) is 13.6 Å². The molecule has 6 heteroatoms. The van der Waals surface area contributed by atoms with Crippen molar-refractivity contribution in [1.82, 2.24) is 0 Å². The molecule has 0 N–H and O–H groups in total. The Hall–Kier alpha value is -0.680. The zero-order valence-electron chi connectivity index (χ0n) is 10.6. The molecule has 2 atom stereocenters. The van der Waals surface area contributed by atoms with Crippen LogP contribution in [0.1, 0.15) is 20.8 Å². The summed E-state index contributed by atoms with van der Waals surface area (Å²) in [5.74, 6) is -2.03. The van der Waals surface area contributed by atoms with Gasteiger partial charge in [0.05, 0.1) is 12.5 Å². The number of hydrogen-bond donors (Lipinski definition) is 0. The smallest absolute Gasteiger partial charge is 0.361 e. The highest BCUT2D eigenvalue weighted by atomic mass is 35.5. The van der Waals surface area contributed by atoms with E-state index >= 15 is 0 Å². The molecule has 1 fully saturated rings. The van der Waals surface area contributed by atoms with E-state index in [-0.39, 0.29) is 6.61 Å². The lowest BCUT2D eigenvalue weighted by molar-refractivity contribution is -0.251. The fourth-order valence-electron chi connectivity index (χ4n) is 2.73. The van der Waals surface area contributed by atoms with Gasteiger partial charge in [-0.15, -0.1) is 6.58 Å². The maximum atomic E-state index is 13.8. The van der Waals surface area contributed by atoms with Crippen molar-refractivity contribution >= 4 is 17.6 Å². The highest BCUT2D eigenvalue weighted by Gasteiger charge is 2.83. The highest BCUT2D eigenvalue weighted by molar-refractivity contribution is 6.17. The summed E-state index contributed by atoms with van der Waals surface area (Å²) >= 11 is 5.18. The summed E-state index contributed by atoms with van der Waals surface area (Å²) in [5, 5.41) is 0. The van der Waals surface area contributed by atoms with E-state index in [0.717, 1.165) is 0 Å². The summed E-state index contributed by atoms with van der Waals surface area (Å²) in [6.45, 7) is 8.35. The van der Waals surface area contributed by atoms with Crippen LogP contribution < -0.4 is 0 Å². The van der Waals surface area contributed by atoms with Crippen LogP contribution in [0, 0.1) is 16.7 Å². The van der Waals surface area contributed by atoms with Crippen LogP contribution in [0.25, 0.3) is 0 Å². The van der Waals surface area contributed by atoms with Gasteiger partial charge in [0.2, 0.25) is 0 Å². The summed E-state index contributed by atoms with van der Waals surface area (Å²) in [5.41, 5.74) is -2.42. The predicted molar refractivity (Wildman–Crippen MR) is 63.3 cm³/mol. The summed E-state index contributed by atoms with van der Waals surface area (Å²) < 4.78 is 36.8. The summed E-state index contributed by atoms with van der Waals surface area (Å²) in [6.07, 6.45) is -2.27. The highest BCUT2D eigenvalue weighted by Crippen LogP contribution is 2.74. The summed E-state index contributed by atoms with van der Waals surface area (Å²) in [4.78, 5) is 11.9. The normalized spacial score (nSPS) is 29.8. The van der Waals surface area contributed by atoms with Crippen molar-refractivity contribution in [3.8, 4) is 0 Å². The van der Waals surface area contributed by atoms with Gasteiger partial charge in [-0.25, -0.2) is 0 Å². The minimum absolute atomic E-state index is 0.124. The van der Waals surface area contributed by atoms with Crippen LogP contribution >= 0.6 is 11.6 Å². The summed E-state index contributed by atoms with van der Waals surface area (Å²) in [6, 6.07) is -0.643. The molecule has 1 aliphatic rings. The average molecular weight is 283 g/mol.